The molecule has 0 unspecified atom stereocenters. The van der Waals surface area contributed by atoms with Gasteiger partial charge in [0.05, 0.1) is 34.4 Å². The lowest BCUT2D eigenvalue weighted by molar-refractivity contribution is -0.385. The number of nitrogens with zero attached hydrogens (tertiary/aromatic N) is 4. The van der Waals surface area contributed by atoms with Crippen LogP contribution in [-0.2, 0) is 11.3 Å². The van der Waals surface area contributed by atoms with Gasteiger partial charge in [-0.25, -0.2) is 4.98 Å². The van der Waals surface area contributed by atoms with Gasteiger partial charge >= 0.3 is 0 Å². The van der Waals surface area contributed by atoms with E-state index in [1.807, 2.05) is 0 Å². The van der Waals surface area contributed by atoms with Crippen molar-refractivity contribution in [2.75, 3.05) is 19.0 Å². The van der Waals surface area contributed by atoms with Crippen LogP contribution >= 0.6 is 15.9 Å². The molecule has 8 nitrogen and oxygen atoms in total. The lowest BCUT2D eigenvalue weighted by atomic mass is 10.4. The Morgan fingerprint density at radius 1 is 1.55 bits per heavy atom. The first-order valence-electron chi connectivity index (χ1n) is 5.68. The molecule has 106 valence electrons. The van der Waals surface area contributed by atoms with Crippen molar-refractivity contribution in [1.29, 1.82) is 0 Å². The molecule has 9 heteroatoms. The van der Waals surface area contributed by atoms with Crippen LogP contribution in [0.2, 0.25) is 0 Å². The average molecular weight is 342 g/mol. The first-order valence-corrected chi connectivity index (χ1v) is 6.48. The maximum atomic E-state index is 10.6. The van der Waals surface area contributed by atoms with Crippen LogP contribution in [0.1, 0.15) is 0 Å². The van der Waals surface area contributed by atoms with Crippen molar-refractivity contribution in [3.63, 3.8) is 0 Å². The summed E-state index contributed by atoms with van der Waals surface area (Å²) in [6.45, 7) is 1.22. The minimum absolute atomic E-state index is 0.0711. The van der Waals surface area contributed by atoms with Crippen molar-refractivity contribution in [1.82, 2.24) is 14.8 Å². The van der Waals surface area contributed by atoms with E-state index in [1.54, 1.807) is 24.2 Å². The van der Waals surface area contributed by atoms with E-state index in [2.05, 4.69) is 31.3 Å². The zero-order chi connectivity index (χ0) is 14.5. The van der Waals surface area contributed by atoms with Crippen molar-refractivity contribution in [3.8, 4) is 0 Å². The van der Waals surface area contributed by atoms with Gasteiger partial charge in [0.2, 0.25) is 0 Å². The number of rotatable bonds is 6. The van der Waals surface area contributed by atoms with Gasteiger partial charge in [0.15, 0.2) is 0 Å². The second kappa shape index (κ2) is 6.44. The molecule has 2 heterocycles. The summed E-state index contributed by atoms with van der Waals surface area (Å²) in [6.07, 6.45) is 4.64. The fraction of sp³-hybridized carbons (Fsp3) is 0.273. The Labute approximate surface area is 123 Å². The Balaban J connectivity index is 2.09. The number of anilines is 2. The summed E-state index contributed by atoms with van der Waals surface area (Å²) in [4.78, 5) is 14.1. The van der Waals surface area contributed by atoms with Gasteiger partial charge in [-0.3, -0.25) is 14.8 Å². The molecule has 2 aromatic heterocycles. The molecule has 2 aromatic rings. The molecule has 0 fully saturated rings. The van der Waals surface area contributed by atoms with Crippen molar-refractivity contribution < 1.29 is 9.66 Å². The number of ether oxygens (including phenoxy) is 1. The standard InChI is InChI=1S/C11H12BrN5O3/c1-20-3-2-16-7-8(5-14-16)15-11-10(12)4-9(6-13-11)17(18)19/h4-7H,2-3H2,1H3,(H,13,15). The quantitative estimate of drug-likeness (QED) is 0.640. The maximum Gasteiger partial charge on any atom is 0.288 e. The van der Waals surface area contributed by atoms with Crippen molar-refractivity contribution in [2.24, 2.45) is 0 Å². The third-order valence-electron chi connectivity index (χ3n) is 2.46. The van der Waals surface area contributed by atoms with Crippen LogP contribution in [0, 0.1) is 10.1 Å². The van der Waals surface area contributed by atoms with E-state index in [-0.39, 0.29) is 5.69 Å². The van der Waals surface area contributed by atoms with Crippen LogP contribution in [0.4, 0.5) is 17.2 Å². The lowest BCUT2D eigenvalue weighted by Crippen LogP contribution is -2.04. The number of halogens is 1. The van der Waals surface area contributed by atoms with E-state index in [1.165, 1.54) is 12.3 Å². The second-order valence-corrected chi connectivity index (χ2v) is 4.75. The summed E-state index contributed by atoms with van der Waals surface area (Å²) < 4.78 is 7.20. The average Bonchev–Trinajstić information content (AvgIpc) is 2.86. The van der Waals surface area contributed by atoms with Crippen molar-refractivity contribution in [2.45, 2.75) is 6.54 Å². The van der Waals surface area contributed by atoms with E-state index >= 15 is 0 Å². The SMILES string of the molecule is COCCn1cc(Nc2ncc([N+](=O)[O-])cc2Br)cn1. The molecule has 0 saturated carbocycles. The van der Waals surface area contributed by atoms with Crippen molar-refractivity contribution >= 4 is 33.1 Å². The highest BCUT2D eigenvalue weighted by molar-refractivity contribution is 9.10. The molecule has 0 radical (unpaired) electrons. The summed E-state index contributed by atoms with van der Waals surface area (Å²) in [6, 6.07) is 1.39. The Bertz CT molecular complexity index is 616. The molecule has 0 spiro atoms. The number of nitro groups is 1. The molecule has 0 bridgehead atoms. The smallest absolute Gasteiger partial charge is 0.288 e. The number of aromatic nitrogens is 3. The first-order chi connectivity index (χ1) is 9.60. The van der Waals surface area contributed by atoms with Crippen molar-refractivity contribution in [3.05, 3.63) is 39.2 Å². The highest BCUT2D eigenvalue weighted by Crippen LogP contribution is 2.26. The first kappa shape index (κ1) is 14.4. The van der Waals surface area contributed by atoms with E-state index < -0.39 is 4.92 Å². The number of hydrogen-bond acceptors (Lipinski definition) is 6. The van der Waals surface area contributed by atoms with Gasteiger partial charge in [-0.05, 0) is 15.9 Å². The number of methoxy groups -OCH3 is 1. The van der Waals surface area contributed by atoms with Crippen LogP contribution in [0.15, 0.2) is 29.1 Å². The Morgan fingerprint density at radius 2 is 2.35 bits per heavy atom. The Kier molecular flexibility index (Phi) is 4.64. The Hall–Kier alpha value is -2.00. The normalized spacial score (nSPS) is 10.5. The van der Waals surface area contributed by atoms with Gasteiger partial charge in [0.25, 0.3) is 5.69 Å². The van der Waals surface area contributed by atoms with Gasteiger partial charge in [-0.1, -0.05) is 0 Å². The molecule has 1 N–H and O–H groups in total. The fourth-order valence-corrected chi connectivity index (χ4v) is 1.93. The number of hydrogen-bond donors (Lipinski definition) is 1. The lowest BCUT2D eigenvalue weighted by Gasteiger charge is -2.04. The second-order valence-electron chi connectivity index (χ2n) is 3.89. The van der Waals surface area contributed by atoms with Crippen LogP contribution < -0.4 is 5.32 Å². The molecule has 0 aliphatic rings. The van der Waals surface area contributed by atoms with Crippen LogP contribution in [0.25, 0.3) is 0 Å². The van der Waals surface area contributed by atoms with E-state index in [0.717, 1.165) is 5.69 Å². The van der Waals surface area contributed by atoms with Crippen LogP contribution in [0.3, 0.4) is 0 Å². The molecule has 0 saturated heterocycles. The predicted molar refractivity (Wildman–Crippen MR) is 76.0 cm³/mol. The molecular weight excluding hydrogens is 330 g/mol. The molecule has 0 aromatic carbocycles. The minimum Gasteiger partial charge on any atom is -0.383 e. The highest BCUT2D eigenvalue weighted by Gasteiger charge is 2.11. The largest absolute Gasteiger partial charge is 0.383 e. The molecule has 0 aliphatic carbocycles. The molecule has 0 amide bonds. The van der Waals surface area contributed by atoms with Crippen LogP contribution in [0.5, 0.6) is 0 Å². The fourth-order valence-electron chi connectivity index (χ4n) is 1.49. The number of nitrogens with one attached hydrogen (secondary N) is 1. The monoisotopic (exact) mass is 341 g/mol. The van der Waals surface area contributed by atoms with Gasteiger partial charge in [0, 0.05) is 19.4 Å². The van der Waals surface area contributed by atoms with E-state index in [9.17, 15) is 10.1 Å². The molecule has 0 atom stereocenters. The molecule has 2 rings (SSSR count). The predicted octanol–water partition coefficient (Wildman–Crippen LogP) is 2.34. The van der Waals surface area contributed by atoms with E-state index in [4.69, 9.17) is 4.74 Å². The molecule has 20 heavy (non-hydrogen) atoms. The van der Waals surface area contributed by atoms with E-state index in [0.29, 0.717) is 23.4 Å². The molecule has 0 aliphatic heterocycles. The summed E-state index contributed by atoms with van der Waals surface area (Å²) >= 11 is 3.25. The summed E-state index contributed by atoms with van der Waals surface area (Å²) in [7, 11) is 1.63. The topological polar surface area (TPSA) is 95.1 Å². The molecular formula is C11H12BrN5O3. The zero-order valence-electron chi connectivity index (χ0n) is 10.6. The van der Waals surface area contributed by atoms with Crippen LogP contribution in [-0.4, -0.2) is 33.4 Å². The zero-order valence-corrected chi connectivity index (χ0v) is 12.2. The van der Waals surface area contributed by atoms with Gasteiger partial charge < -0.3 is 10.1 Å². The Morgan fingerprint density at radius 3 is 3.00 bits per heavy atom. The summed E-state index contributed by atoms with van der Waals surface area (Å²) in [5, 5.41) is 17.8. The third kappa shape index (κ3) is 3.52. The summed E-state index contributed by atoms with van der Waals surface area (Å²) in [5.41, 5.74) is 0.668. The van der Waals surface area contributed by atoms with Gasteiger partial charge in [-0.15, -0.1) is 0 Å². The maximum absolute atomic E-state index is 10.6. The highest BCUT2D eigenvalue weighted by atomic mass is 79.9. The van der Waals surface area contributed by atoms with Gasteiger partial charge in [0.1, 0.15) is 12.0 Å². The number of pyridine rings is 1. The third-order valence-corrected chi connectivity index (χ3v) is 3.06. The summed E-state index contributed by atoms with van der Waals surface area (Å²) in [5.74, 6) is 0.488. The minimum atomic E-state index is -0.496. The van der Waals surface area contributed by atoms with Gasteiger partial charge in [-0.2, -0.15) is 5.10 Å².